The van der Waals surface area contributed by atoms with Crippen LogP contribution < -0.4 is 9.30 Å². The maximum absolute atomic E-state index is 6.56. The zero-order chi connectivity index (χ0) is 36.3. The molecule has 0 aliphatic carbocycles. The Kier molecular flexibility index (Phi) is 8.09. The third-order valence-electron chi connectivity index (χ3n) is 10.2. The van der Waals surface area contributed by atoms with Gasteiger partial charge in [0.1, 0.15) is 17.8 Å². The number of para-hydroxylation sites is 1. The summed E-state index contributed by atoms with van der Waals surface area (Å²) in [4.78, 5) is 0. The van der Waals surface area contributed by atoms with Gasteiger partial charge in [-0.3, -0.25) is 13.7 Å². The first kappa shape index (κ1) is 33.2. The van der Waals surface area contributed by atoms with E-state index in [1.807, 2.05) is 46.1 Å². The van der Waals surface area contributed by atoms with Crippen molar-refractivity contribution in [2.45, 2.75) is 67.3 Å². The van der Waals surface area contributed by atoms with E-state index in [4.69, 9.17) is 4.74 Å². The van der Waals surface area contributed by atoms with E-state index in [0.29, 0.717) is 6.54 Å². The molecule has 7 heteroatoms. The van der Waals surface area contributed by atoms with Crippen molar-refractivity contribution in [1.82, 2.24) is 23.9 Å². The van der Waals surface area contributed by atoms with Gasteiger partial charge in [-0.25, -0.2) is 0 Å². The molecule has 0 fully saturated rings. The van der Waals surface area contributed by atoms with E-state index in [-0.39, 0.29) is 5.41 Å². The summed E-state index contributed by atoms with van der Waals surface area (Å²) in [6.45, 7) is 18.1. The Hall–Kier alpha value is -5.95. The maximum Gasteiger partial charge on any atom is 0.268 e. The van der Waals surface area contributed by atoms with Gasteiger partial charge in [0.15, 0.2) is 5.82 Å². The molecule has 8 rings (SSSR count). The lowest BCUT2D eigenvalue weighted by atomic mass is 9.84. The van der Waals surface area contributed by atoms with Crippen molar-refractivity contribution in [3.05, 3.63) is 155 Å². The molecule has 0 aliphatic heterocycles. The minimum Gasteiger partial charge on any atom is -0.458 e. The van der Waals surface area contributed by atoms with Crippen LogP contribution in [0.4, 0.5) is 0 Å². The van der Waals surface area contributed by atoms with Crippen LogP contribution in [-0.2, 0) is 12.0 Å². The minimum absolute atomic E-state index is 0.0671. The summed E-state index contributed by atoms with van der Waals surface area (Å²) in [5, 5.41) is 11.4. The van der Waals surface area contributed by atoms with Crippen LogP contribution in [0.3, 0.4) is 0 Å². The molecule has 7 nitrogen and oxygen atoms in total. The van der Waals surface area contributed by atoms with Crippen molar-refractivity contribution in [3.8, 4) is 28.6 Å². The molecule has 0 unspecified atom stereocenters. The fourth-order valence-electron chi connectivity index (χ4n) is 7.36. The third kappa shape index (κ3) is 5.96. The fraction of sp³-hybridized carbons (Fsp3) is 0.222. The third-order valence-corrected chi connectivity index (χ3v) is 10.2. The number of fused-ring (bicyclic) bond motifs is 3. The Morgan fingerprint density at radius 3 is 2.23 bits per heavy atom. The van der Waals surface area contributed by atoms with Gasteiger partial charge in [-0.2, -0.15) is 0 Å². The first-order chi connectivity index (χ1) is 24.9. The summed E-state index contributed by atoms with van der Waals surface area (Å²) < 4.78 is 15.1. The molecule has 0 spiro atoms. The first-order valence-corrected chi connectivity index (χ1v) is 17.9. The second-order valence-electron chi connectivity index (χ2n) is 15.1. The number of hydrogen-bond donors (Lipinski definition) is 0. The van der Waals surface area contributed by atoms with Gasteiger partial charge in [-0.05, 0) is 110 Å². The topological polar surface area (TPSA) is 53.7 Å². The molecule has 0 atom stereocenters. The van der Waals surface area contributed by atoms with Crippen molar-refractivity contribution < 1.29 is 9.30 Å². The van der Waals surface area contributed by atoms with E-state index < -0.39 is 0 Å². The van der Waals surface area contributed by atoms with Gasteiger partial charge in [-0.1, -0.05) is 68.8 Å². The van der Waals surface area contributed by atoms with Gasteiger partial charge in [0.2, 0.25) is 0 Å². The largest absolute Gasteiger partial charge is 0.458 e. The van der Waals surface area contributed by atoms with Crippen molar-refractivity contribution in [1.29, 1.82) is 0 Å². The number of imidazole rings is 1. The molecule has 3 heterocycles. The number of aromatic nitrogens is 6. The predicted molar refractivity (Wildman–Crippen MR) is 209 cm³/mol. The van der Waals surface area contributed by atoms with E-state index >= 15 is 0 Å². The van der Waals surface area contributed by atoms with Crippen molar-refractivity contribution >= 4 is 21.8 Å². The molecule has 0 bridgehead atoms. The Morgan fingerprint density at radius 2 is 1.44 bits per heavy atom. The molecule has 0 saturated carbocycles. The Morgan fingerprint density at radius 1 is 0.712 bits per heavy atom. The fourth-order valence-corrected chi connectivity index (χ4v) is 7.36. The van der Waals surface area contributed by atoms with E-state index in [2.05, 4.69) is 154 Å². The van der Waals surface area contributed by atoms with Gasteiger partial charge in [0.05, 0.1) is 29.1 Å². The number of ether oxygens (including phenoxy) is 1. The van der Waals surface area contributed by atoms with Crippen LogP contribution in [0.5, 0.6) is 11.5 Å². The molecule has 0 N–H and O–H groups in total. The molecule has 3 aromatic heterocycles. The van der Waals surface area contributed by atoms with Crippen LogP contribution in [-0.4, -0.2) is 23.9 Å². The van der Waals surface area contributed by atoms with Crippen molar-refractivity contribution in [2.24, 2.45) is 0 Å². The van der Waals surface area contributed by atoms with Crippen LogP contribution in [0.2, 0.25) is 0 Å². The Bertz CT molecular complexity index is 2610. The minimum atomic E-state index is 0.0671. The van der Waals surface area contributed by atoms with Gasteiger partial charge < -0.3 is 9.30 Å². The van der Waals surface area contributed by atoms with E-state index in [9.17, 15) is 0 Å². The molecular formula is C45H44N6O. The number of hydrogen-bond acceptors (Lipinski definition) is 3. The molecule has 8 aromatic rings. The van der Waals surface area contributed by atoms with Crippen LogP contribution in [0.1, 0.15) is 60.0 Å². The molecule has 0 saturated heterocycles. The van der Waals surface area contributed by atoms with Crippen molar-refractivity contribution in [3.63, 3.8) is 0 Å². The van der Waals surface area contributed by atoms with E-state index in [1.165, 1.54) is 38.8 Å². The monoisotopic (exact) mass is 684 g/mol. The highest BCUT2D eigenvalue weighted by molar-refractivity contribution is 6.08. The van der Waals surface area contributed by atoms with Crippen molar-refractivity contribution in [2.75, 3.05) is 0 Å². The predicted octanol–water partition coefficient (Wildman–Crippen LogP) is 9.92. The molecule has 0 aliphatic rings. The Labute approximate surface area is 305 Å². The smallest absolute Gasteiger partial charge is 0.268 e. The first-order valence-electron chi connectivity index (χ1n) is 17.9. The van der Waals surface area contributed by atoms with Gasteiger partial charge in [-0.15, -0.1) is 10.2 Å². The van der Waals surface area contributed by atoms with Crippen LogP contribution >= 0.6 is 0 Å². The number of benzene rings is 5. The summed E-state index contributed by atoms with van der Waals surface area (Å²) in [6.07, 6.45) is 9.39. The van der Waals surface area contributed by atoms with Crippen LogP contribution in [0.15, 0.2) is 110 Å². The second kappa shape index (κ2) is 12.7. The van der Waals surface area contributed by atoms with Gasteiger partial charge in [0, 0.05) is 34.7 Å². The maximum atomic E-state index is 6.56. The summed E-state index contributed by atoms with van der Waals surface area (Å²) in [6, 6.07) is 32.1. The summed E-state index contributed by atoms with van der Waals surface area (Å²) in [5.74, 6) is 2.38. The second-order valence-corrected chi connectivity index (χ2v) is 15.1. The standard InChI is InChI=1S/C45H44N6O/c1-29-20-31(3)41(23-30(29)2)49-19-18-48(28-49)35-12-11-13-36(24-35)52-37-16-17-39-38-14-9-10-15-40(38)50(42(39)25-37)26-43-47-46-27-51(43)44-32(4)21-34(22-33(44)5)45(6,7)8/h9-25,27H,26H2,1-8H3. The summed E-state index contributed by atoms with van der Waals surface area (Å²) >= 11 is 0. The highest BCUT2D eigenvalue weighted by atomic mass is 16.5. The lowest BCUT2D eigenvalue weighted by molar-refractivity contribution is -0.599. The highest BCUT2D eigenvalue weighted by Crippen LogP contribution is 2.35. The lowest BCUT2D eigenvalue weighted by Gasteiger charge is -2.23. The normalized spacial score (nSPS) is 11.9. The average molecular weight is 685 g/mol. The number of nitrogens with zero attached hydrogens (tertiary/aromatic N) is 6. The molecule has 52 heavy (non-hydrogen) atoms. The molecule has 0 radical (unpaired) electrons. The molecule has 260 valence electrons. The number of aryl methyl sites for hydroxylation is 5. The Balaban J connectivity index is 1.13. The van der Waals surface area contributed by atoms with Gasteiger partial charge in [0.25, 0.3) is 6.33 Å². The SMILES string of the molecule is Cc1cc(C)c(-[n+]2[c-]n(-c3cccc(Oc4ccc5c6ccccc6n(Cc6nncn6-c6c(C)cc(C(C)(C)C)cc6C)c5c4)c3)cc2)cc1C. The highest BCUT2D eigenvalue weighted by Gasteiger charge is 2.20. The summed E-state index contributed by atoms with van der Waals surface area (Å²) in [7, 11) is 0. The summed E-state index contributed by atoms with van der Waals surface area (Å²) in [5.41, 5.74) is 13.0. The molecular weight excluding hydrogens is 641 g/mol. The zero-order valence-electron chi connectivity index (χ0n) is 31.2. The quantitative estimate of drug-likeness (QED) is 0.124. The molecule has 0 amide bonds. The van der Waals surface area contributed by atoms with E-state index in [1.54, 1.807) is 0 Å². The zero-order valence-corrected chi connectivity index (χ0v) is 31.2. The van der Waals surface area contributed by atoms with E-state index in [0.717, 1.165) is 50.8 Å². The van der Waals surface area contributed by atoms with Crippen LogP contribution in [0.25, 0.3) is 38.9 Å². The molecule has 5 aromatic carbocycles. The average Bonchev–Trinajstić information content (AvgIpc) is 3.85. The lowest BCUT2D eigenvalue weighted by Crippen LogP contribution is -2.29. The number of rotatable bonds is 7. The van der Waals surface area contributed by atoms with Crippen LogP contribution in [0, 0.1) is 40.9 Å². The van der Waals surface area contributed by atoms with Gasteiger partial charge >= 0.3 is 0 Å².